The molecule has 1 nitrogen and oxygen atoms in total. The smallest absolute Gasteiger partial charge is 0.104 e. The van der Waals surface area contributed by atoms with Crippen LogP contribution >= 0.6 is 0 Å². The molecular weight excluding hydrogens is 230 g/mol. The van der Waals surface area contributed by atoms with E-state index < -0.39 is 0 Å². The Kier molecular flexibility index (Phi) is 7.94. The molecule has 17 heavy (non-hydrogen) atoms. The van der Waals surface area contributed by atoms with Crippen LogP contribution in [0.4, 0.5) is 0 Å². The highest BCUT2D eigenvalue weighted by Crippen LogP contribution is 2.15. The van der Waals surface area contributed by atoms with Crippen molar-refractivity contribution in [2.75, 3.05) is 19.6 Å². The van der Waals surface area contributed by atoms with Crippen molar-refractivity contribution in [1.29, 1.82) is 0 Å². The maximum atomic E-state index is 3.83. The first-order valence-electron chi connectivity index (χ1n) is 6.26. The van der Waals surface area contributed by atoms with Crippen molar-refractivity contribution in [3.63, 3.8) is 0 Å². The average molecular weight is 254 g/mol. The highest BCUT2D eigenvalue weighted by Gasteiger charge is 2.22. The molecule has 0 N–H and O–H groups in total. The van der Waals surface area contributed by atoms with E-state index >= 15 is 0 Å². The molecule has 0 saturated heterocycles. The highest BCUT2D eigenvalue weighted by molar-refractivity contribution is 5.13. The summed E-state index contributed by atoms with van der Waals surface area (Å²) in [6.45, 7) is 13.1. The van der Waals surface area contributed by atoms with E-state index in [1.807, 2.05) is 6.08 Å². The molecule has 0 saturated carbocycles. The molecule has 0 aliphatic heterocycles. The Morgan fingerprint density at radius 1 is 1.12 bits per heavy atom. The standard InChI is InChI=1S/C15H24N.ClH/c1-4-7-13-16(5-2,6-3)14-15-11-9-8-10-12-15;/h4,8-12H,1,5-7,13-14H2,2-3H3;1H/q+1;/p-1. The molecule has 2 heteroatoms. The lowest BCUT2D eigenvalue weighted by Crippen LogP contribution is -3.00. The largest absolute Gasteiger partial charge is 1.00 e. The van der Waals surface area contributed by atoms with Crippen molar-refractivity contribution in [1.82, 2.24) is 0 Å². The normalized spacial score (nSPS) is 10.7. The summed E-state index contributed by atoms with van der Waals surface area (Å²) in [5.41, 5.74) is 1.44. The third-order valence-corrected chi connectivity index (χ3v) is 3.51. The monoisotopic (exact) mass is 253 g/mol. The van der Waals surface area contributed by atoms with Gasteiger partial charge in [0.25, 0.3) is 0 Å². The van der Waals surface area contributed by atoms with Crippen LogP contribution in [-0.2, 0) is 6.54 Å². The Morgan fingerprint density at radius 3 is 2.18 bits per heavy atom. The number of hydrogen-bond acceptors (Lipinski definition) is 0. The van der Waals surface area contributed by atoms with Gasteiger partial charge in [0.2, 0.25) is 0 Å². The van der Waals surface area contributed by atoms with E-state index in [-0.39, 0.29) is 12.4 Å². The second-order valence-corrected chi connectivity index (χ2v) is 4.42. The first-order valence-corrected chi connectivity index (χ1v) is 6.26. The van der Waals surface area contributed by atoms with Gasteiger partial charge in [-0.15, -0.1) is 6.58 Å². The SMILES string of the molecule is C=CCC[N+](CC)(CC)Cc1ccccc1.[Cl-]. The van der Waals surface area contributed by atoms with Crippen LogP contribution in [-0.4, -0.2) is 24.1 Å². The molecule has 0 aliphatic rings. The maximum absolute atomic E-state index is 3.83. The predicted molar refractivity (Wildman–Crippen MR) is 71.2 cm³/mol. The van der Waals surface area contributed by atoms with Crippen LogP contribution in [0, 0.1) is 0 Å². The molecule has 0 aromatic heterocycles. The zero-order chi connectivity index (χ0) is 11.9. The maximum Gasteiger partial charge on any atom is 0.104 e. The summed E-state index contributed by atoms with van der Waals surface area (Å²) < 4.78 is 1.16. The Balaban J connectivity index is 0.00000256. The van der Waals surface area contributed by atoms with Gasteiger partial charge in [-0.1, -0.05) is 36.4 Å². The summed E-state index contributed by atoms with van der Waals surface area (Å²) in [7, 11) is 0. The lowest BCUT2D eigenvalue weighted by Gasteiger charge is -2.36. The summed E-state index contributed by atoms with van der Waals surface area (Å²) >= 11 is 0. The van der Waals surface area contributed by atoms with Gasteiger partial charge in [-0.2, -0.15) is 0 Å². The first-order chi connectivity index (χ1) is 7.76. The summed E-state index contributed by atoms with van der Waals surface area (Å²) in [6.07, 6.45) is 3.14. The van der Waals surface area contributed by atoms with Crippen molar-refractivity contribution in [3.8, 4) is 0 Å². The van der Waals surface area contributed by atoms with E-state index in [1.54, 1.807) is 0 Å². The highest BCUT2D eigenvalue weighted by atomic mass is 35.5. The van der Waals surface area contributed by atoms with Gasteiger partial charge in [0, 0.05) is 12.0 Å². The third kappa shape index (κ3) is 4.93. The molecule has 1 aromatic rings. The minimum Gasteiger partial charge on any atom is -1.00 e. The van der Waals surface area contributed by atoms with Gasteiger partial charge < -0.3 is 16.9 Å². The third-order valence-electron chi connectivity index (χ3n) is 3.51. The molecule has 1 aromatic carbocycles. The molecule has 0 heterocycles. The van der Waals surface area contributed by atoms with Crippen molar-refractivity contribution in [2.24, 2.45) is 0 Å². The van der Waals surface area contributed by atoms with Crippen LogP contribution in [0.1, 0.15) is 25.8 Å². The number of hydrogen-bond donors (Lipinski definition) is 0. The molecule has 1 rings (SSSR count). The van der Waals surface area contributed by atoms with Crippen molar-refractivity contribution >= 4 is 0 Å². The molecule has 0 unspecified atom stereocenters. The van der Waals surface area contributed by atoms with Crippen molar-refractivity contribution in [3.05, 3.63) is 48.6 Å². The topological polar surface area (TPSA) is 0 Å². The van der Waals surface area contributed by atoms with E-state index in [4.69, 9.17) is 0 Å². The van der Waals surface area contributed by atoms with Gasteiger partial charge in [0.15, 0.2) is 0 Å². The lowest BCUT2D eigenvalue weighted by atomic mass is 10.1. The average Bonchev–Trinajstić information content (AvgIpc) is 2.36. The van der Waals surface area contributed by atoms with Crippen LogP contribution in [0.3, 0.4) is 0 Å². The van der Waals surface area contributed by atoms with Crippen LogP contribution in [0.5, 0.6) is 0 Å². The molecule has 0 radical (unpaired) electrons. The van der Waals surface area contributed by atoms with Crippen LogP contribution in [0.15, 0.2) is 43.0 Å². The van der Waals surface area contributed by atoms with E-state index in [1.165, 1.54) is 25.2 Å². The predicted octanol–water partition coefficient (Wildman–Crippen LogP) is 0.623. The van der Waals surface area contributed by atoms with Gasteiger partial charge in [-0.05, 0) is 13.8 Å². The van der Waals surface area contributed by atoms with Crippen LogP contribution < -0.4 is 12.4 Å². The molecule has 0 aliphatic carbocycles. The fraction of sp³-hybridized carbons (Fsp3) is 0.467. The minimum absolute atomic E-state index is 0. The van der Waals surface area contributed by atoms with Gasteiger partial charge >= 0.3 is 0 Å². The van der Waals surface area contributed by atoms with E-state index in [2.05, 4.69) is 50.8 Å². The van der Waals surface area contributed by atoms with Gasteiger partial charge in [0.05, 0.1) is 19.6 Å². The quantitative estimate of drug-likeness (QED) is 0.494. The van der Waals surface area contributed by atoms with E-state index in [0.29, 0.717) is 0 Å². The summed E-state index contributed by atoms with van der Waals surface area (Å²) in [5.74, 6) is 0. The number of rotatable bonds is 7. The second-order valence-electron chi connectivity index (χ2n) is 4.42. The molecule has 0 spiro atoms. The van der Waals surface area contributed by atoms with Crippen molar-refractivity contribution in [2.45, 2.75) is 26.8 Å². The Morgan fingerprint density at radius 2 is 1.71 bits per heavy atom. The molecule has 0 atom stereocenters. The Hall–Kier alpha value is -0.790. The first kappa shape index (κ1) is 16.2. The molecule has 0 fully saturated rings. The zero-order valence-electron chi connectivity index (χ0n) is 11.0. The van der Waals surface area contributed by atoms with Gasteiger partial charge in [0.1, 0.15) is 6.54 Å². The molecule has 96 valence electrons. The number of quaternary nitrogens is 1. The second kappa shape index (κ2) is 8.32. The fourth-order valence-electron chi connectivity index (χ4n) is 2.18. The Labute approximate surface area is 112 Å². The van der Waals surface area contributed by atoms with Crippen LogP contribution in [0.25, 0.3) is 0 Å². The molecular formula is C15H24ClN. The lowest BCUT2D eigenvalue weighted by molar-refractivity contribution is -0.937. The van der Waals surface area contributed by atoms with E-state index in [0.717, 1.165) is 17.4 Å². The molecule has 0 amide bonds. The minimum atomic E-state index is 0. The number of nitrogens with zero attached hydrogens (tertiary/aromatic N) is 1. The Bertz CT molecular complexity index is 304. The van der Waals surface area contributed by atoms with Gasteiger partial charge in [-0.3, -0.25) is 0 Å². The van der Waals surface area contributed by atoms with Crippen LogP contribution in [0.2, 0.25) is 0 Å². The number of benzene rings is 1. The summed E-state index contributed by atoms with van der Waals surface area (Å²) in [4.78, 5) is 0. The zero-order valence-corrected chi connectivity index (χ0v) is 11.8. The van der Waals surface area contributed by atoms with Crippen molar-refractivity contribution < 1.29 is 16.9 Å². The van der Waals surface area contributed by atoms with Gasteiger partial charge in [-0.25, -0.2) is 0 Å². The summed E-state index contributed by atoms with van der Waals surface area (Å²) in [5, 5.41) is 0. The summed E-state index contributed by atoms with van der Waals surface area (Å²) in [6, 6.07) is 10.8. The van der Waals surface area contributed by atoms with E-state index in [9.17, 15) is 0 Å². The number of halogens is 1. The molecule has 0 bridgehead atoms. The fourth-order valence-corrected chi connectivity index (χ4v) is 2.18.